The first-order chi connectivity index (χ1) is 13.4. The van der Waals surface area contributed by atoms with E-state index in [4.69, 9.17) is 0 Å². The van der Waals surface area contributed by atoms with Gasteiger partial charge in [-0.15, -0.1) is 0 Å². The normalized spacial score (nSPS) is 15.8. The second-order valence-electron chi connectivity index (χ2n) is 8.26. The number of nitrogens with zero attached hydrogens (tertiary/aromatic N) is 4. The highest BCUT2D eigenvalue weighted by Crippen LogP contribution is 2.26. The van der Waals surface area contributed by atoms with E-state index in [-0.39, 0.29) is 5.66 Å². The van der Waals surface area contributed by atoms with Gasteiger partial charge in [-0.25, -0.2) is 10.0 Å². The zero-order valence-electron chi connectivity index (χ0n) is 20.9. The lowest BCUT2D eigenvalue weighted by molar-refractivity contribution is -0.112. The van der Waals surface area contributed by atoms with Gasteiger partial charge in [-0.1, -0.05) is 48.0 Å². The maximum atomic E-state index is 3.70. The highest BCUT2D eigenvalue weighted by molar-refractivity contribution is 4.87. The molecule has 1 N–H and O–H groups in total. The van der Waals surface area contributed by atoms with E-state index in [1.807, 2.05) is 0 Å². The van der Waals surface area contributed by atoms with Crippen LogP contribution in [-0.4, -0.2) is 85.5 Å². The lowest BCUT2D eigenvalue weighted by atomic mass is 9.96. The zero-order chi connectivity index (χ0) is 21.6. The van der Waals surface area contributed by atoms with Gasteiger partial charge in [0.15, 0.2) is 0 Å². The van der Waals surface area contributed by atoms with Crippen molar-refractivity contribution in [2.75, 3.05) is 53.9 Å². The molecule has 0 spiro atoms. The van der Waals surface area contributed by atoms with Gasteiger partial charge in [0.05, 0.1) is 11.8 Å². The fourth-order valence-corrected chi connectivity index (χ4v) is 4.57. The van der Waals surface area contributed by atoms with Gasteiger partial charge < -0.3 is 5.32 Å². The van der Waals surface area contributed by atoms with Crippen LogP contribution in [0.1, 0.15) is 86.5 Å². The zero-order valence-corrected chi connectivity index (χ0v) is 20.9. The molecule has 0 rings (SSSR count). The van der Waals surface area contributed by atoms with Crippen LogP contribution in [-0.2, 0) is 0 Å². The van der Waals surface area contributed by atoms with Gasteiger partial charge >= 0.3 is 0 Å². The Morgan fingerprint density at radius 3 is 1.75 bits per heavy atom. The summed E-state index contributed by atoms with van der Waals surface area (Å²) in [5.41, 5.74) is 0.0918. The van der Waals surface area contributed by atoms with Crippen molar-refractivity contribution < 1.29 is 0 Å². The number of hydrogen-bond donors (Lipinski definition) is 1. The Morgan fingerprint density at radius 1 is 0.821 bits per heavy atom. The van der Waals surface area contributed by atoms with Crippen LogP contribution in [0.4, 0.5) is 0 Å². The lowest BCUT2D eigenvalue weighted by Crippen LogP contribution is -2.59. The Bertz CT molecular complexity index is 347. The molecule has 170 valence electrons. The molecule has 0 aliphatic carbocycles. The molecule has 0 heterocycles. The topological polar surface area (TPSA) is 25.0 Å². The molecule has 5 heteroatoms. The standard InChI is InChI=1S/C23H53N5/c1-10-16-21-28(27(19-11-2)20-12-3)22(25(8)9)17-18-23(13-4,24-7)26(14-5)15-6/h22,24H,10-21H2,1-9H3. The molecular weight excluding hydrogens is 346 g/mol. The number of rotatable bonds is 18. The third-order valence-corrected chi connectivity index (χ3v) is 6.24. The number of hydrogen-bond acceptors (Lipinski definition) is 5. The second-order valence-corrected chi connectivity index (χ2v) is 8.26. The smallest absolute Gasteiger partial charge is 0.0756 e. The Morgan fingerprint density at radius 2 is 1.39 bits per heavy atom. The predicted octanol–water partition coefficient (Wildman–Crippen LogP) is 4.46. The largest absolute Gasteiger partial charge is 0.302 e. The lowest BCUT2D eigenvalue weighted by Gasteiger charge is -2.47. The molecule has 0 aromatic carbocycles. The van der Waals surface area contributed by atoms with Gasteiger partial charge in [-0.3, -0.25) is 9.80 Å². The monoisotopic (exact) mass is 399 g/mol. The Labute approximate surface area is 177 Å². The maximum Gasteiger partial charge on any atom is 0.0756 e. The molecular formula is C23H53N5. The van der Waals surface area contributed by atoms with Crippen LogP contribution >= 0.6 is 0 Å². The summed E-state index contributed by atoms with van der Waals surface area (Å²) < 4.78 is 0. The molecule has 0 saturated carbocycles. The summed E-state index contributed by atoms with van der Waals surface area (Å²) in [5.74, 6) is 0. The SMILES string of the molecule is CCCCN(C(CCC(CC)(NC)N(CC)CC)N(C)C)N(CCC)CCC. The molecule has 5 nitrogen and oxygen atoms in total. The van der Waals surface area contributed by atoms with Gasteiger partial charge in [-0.2, -0.15) is 0 Å². The van der Waals surface area contributed by atoms with E-state index in [0.29, 0.717) is 6.17 Å². The minimum atomic E-state index is 0.0918. The van der Waals surface area contributed by atoms with Gasteiger partial charge in [0, 0.05) is 19.6 Å². The maximum absolute atomic E-state index is 3.70. The molecule has 0 amide bonds. The fraction of sp³-hybridized carbons (Fsp3) is 1.00. The molecule has 0 saturated heterocycles. The van der Waals surface area contributed by atoms with Crippen LogP contribution in [0.5, 0.6) is 0 Å². The van der Waals surface area contributed by atoms with Gasteiger partial charge in [-0.05, 0) is 72.8 Å². The number of hydrazine groups is 1. The molecule has 0 aromatic rings. The molecule has 0 bridgehead atoms. The van der Waals surface area contributed by atoms with Gasteiger partial charge in [0.1, 0.15) is 0 Å². The minimum Gasteiger partial charge on any atom is -0.302 e. The van der Waals surface area contributed by atoms with Crippen molar-refractivity contribution in [3.05, 3.63) is 0 Å². The average molecular weight is 400 g/mol. The van der Waals surface area contributed by atoms with E-state index < -0.39 is 0 Å². The van der Waals surface area contributed by atoms with Gasteiger partial charge in [0.25, 0.3) is 0 Å². The third-order valence-electron chi connectivity index (χ3n) is 6.24. The number of unbranched alkanes of at least 4 members (excludes halogenated alkanes) is 1. The third kappa shape index (κ3) is 8.27. The average Bonchev–Trinajstić information content (AvgIpc) is 2.69. The summed E-state index contributed by atoms with van der Waals surface area (Å²) in [6, 6.07) is 0. The predicted molar refractivity (Wildman–Crippen MR) is 125 cm³/mol. The van der Waals surface area contributed by atoms with Crippen molar-refractivity contribution in [3.8, 4) is 0 Å². The van der Waals surface area contributed by atoms with Crippen molar-refractivity contribution in [1.29, 1.82) is 0 Å². The molecule has 0 aromatic heterocycles. The molecule has 2 unspecified atom stereocenters. The van der Waals surface area contributed by atoms with E-state index in [1.54, 1.807) is 0 Å². The van der Waals surface area contributed by atoms with Crippen LogP contribution in [0.25, 0.3) is 0 Å². The van der Waals surface area contributed by atoms with Crippen molar-refractivity contribution in [3.63, 3.8) is 0 Å². The Balaban J connectivity index is 5.58. The van der Waals surface area contributed by atoms with Crippen molar-refractivity contribution in [1.82, 2.24) is 25.1 Å². The van der Waals surface area contributed by atoms with Crippen LogP contribution < -0.4 is 5.32 Å². The van der Waals surface area contributed by atoms with Crippen LogP contribution in [0.3, 0.4) is 0 Å². The van der Waals surface area contributed by atoms with E-state index in [1.165, 1.54) is 38.5 Å². The Hall–Kier alpha value is -0.200. The Kier molecular flexibility index (Phi) is 15.5. The quantitative estimate of drug-likeness (QED) is 0.271. The van der Waals surface area contributed by atoms with Crippen LogP contribution in [0, 0.1) is 0 Å². The number of nitrogens with one attached hydrogen (secondary N) is 1. The highest BCUT2D eigenvalue weighted by Gasteiger charge is 2.34. The summed E-state index contributed by atoms with van der Waals surface area (Å²) in [6.07, 6.45) is 8.83. The summed E-state index contributed by atoms with van der Waals surface area (Å²) in [4.78, 5) is 5.04. The van der Waals surface area contributed by atoms with Crippen molar-refractivity contribution in [2.45, 2.75) is 98.3 Å². The van der Waals surface area contributed by atoms with Crippen molar-refractivity contribution in [2.24, 2.45) is 0 Å². The molecule has 0 fully saturated rings. The van der Waals surface area contributed by atoms with Crippen LogP contribution in [0.2, 0.25) is 0 Å². The van der Waals surface area contributed by atoms with E-state index in [9.17, 15) is 0 Å². The highest BCUT2D eigenvalue weighted by atomic mass is 15.7. The van der Waals surface area contributed by atoms with Gasteiger partial charge in [0.2, 0.25) is 0 Å². The molecule has 28 heavy (non-hydrogen) atoms. The van der Waals surface area contributed by atoms with E-state index in [2.05, 4.69) is 87.8 Å². The molecule has 0 aliphatic rings. The fourth-order valence-electron chi connectivity index (χ4n) is 4.57. The van der Waals surface area contributed by atoms with E-state index >= 15 is 0 Å². The summed E-state index contributed by atoms with van der Waals surface area (Å²) >= 11 is 0. The second kappa shape index (κ2) is 15.6. The van der Waals surface area contributed by atoms with E-state index in [0.717, 1.165) is 39.1 Å². The minimum absolute atomic E-state index is 0.0918. The first-order valence-electron chi connectivity index (χ1n) is 12.0. The summed E-state index contributed by atoms with van der Waals surface area (Å²) in [5, 5.41) is 9.02. The molecule has 0 aliphatic heterocycles. The molecule has 0 radical (unpaired) electrons. The van der Waals surface area contributed by atoms with Crippen LogP contribution in [0.15, 0.2) is 0 Å². The van der Waals surface area contributed by atoms with Crippen molar-refractivity contribution >= 4 is 0 Å². The summed E-state index contributed by atoms with van der Waals surface area (Å²) in [6.45, 7) is 19.5. The first-order valence-corrected chi connectivity index (χ1v) is 12.0. The molecule has 2 atom stereocenters. The first kappa shape index (κ1) is 27.8. The summed E-state index contributed by atoms with van der Waals surface area (Å²) in [7, 11) is 6.65.